The Balaban J connectivity index is 2.96. The van der Waals surface area contributed by atoms with Crippen LogP contribution in [0.2, 0.25) is 0 Å². The lowest BCUT2D eigenvalue weighted by Gasteiger charge is -2.11. The summed E-state index contributed by atoms with van der Waals surface area (Å²) in [5, 5.41) is 8.83. The molecular formula is C11H11NO2. The van der Waals surface area contributed by atoms with Gasteiger partial charge in [-0.15, -0.1) is 0 Å². The second-order valence-corrected chi connectivity index (χ2v) is 2.98. The van der Waals surface area contributed by atoms with Gasteiger partial charge in [0.05, 0.1) is 0 Å². The molecule has 0 saturated carbocycles. The number of carbonyl (C=O) groups is 1. The van der Waals surface area contributed by atoms with E-state index in [1.54, 1.807) is 6.07 Å². The number of nitrogens with zero attached hydrogens (tertiary/aromatic N) is 1. The SMILES string of the molecule is CC(=O)O[C@H](C#N)c1ccccc1C. The highest BCUT2D eigenvalue weighted by Crippen LogP contribution is 2.20. The summed E-state index contributed by atoms with van der Waals surface area (Å²) < 4.78 is 4.87. The molecule has 0 aliphatic rings. The minimum atomic E-state index is -0.798. The van der Waals surface area contributed by atoms with Gasteiger partial charge in [-0.25, -0.2) is 0 Å². The van der Waals surface area contributed by atoms with Crippen LogP contribution < -0.4 is 0 Å². The fourth-order valence-electron chi connectivity index (χ4n) is 1.21. The van der Waals surface area contributed by atoms with E-state index in [0.717, 1.165) is 11.1 Å². The minimum absolute atomic E-state index is 0.445. The number of hydrogen-bond acceptors (Lipinski definition) is 3. The molecular weight excluding hydrogens is 178 g/mol. The number of esters is 1. The van der Waals surface area contributed by atoms with Crippen LogP contribution in [0.3, 0.4) is 0 Å². The van der Waals surface area contributed by atoms with Crippen molar-refractivity contribution in [1.29, 1.82) is 5.26 Å². The summed E-state index contributed by atoms with van der Waals surface area (Å²) in [5.41, 5.74) is 1.69. The number of rotatable bonds is 2. The van der Waals surface area contributed by atoms with Crippen LogP contribution in [0.5, 0.6) is 0 Å². The molecule has 0 fully saturated rings. The third kappa shape index (κ3) is 2.33. The molecule has 1 rings (SSSR count). The summed E-state index contributed by atoms with van der Waals surface area (Å²) in [5.74, 6) is -0.445. The summed E-state index contributed by atoms with van der Waals surface area (Å²) in [6.07, 6.45) is -0.798. The molecule has 1 atom stereocenters. The highest BCUT2D eigenvalue weighted by Gasteiger charge is 2.14. The van der Waals surface area contributed by atoms with E-state index in [2.05, 4.69) is 0 Å². The molecule has 0 aliphatic heterocycles. The monoisotopic (exact) mass is 189 g/mol. The van der Waals surface area contributed by atoms with E-state index >= 15 is 0 Å². The van der Waals surface area contributed by atoms with E-state index in [-0.39, 0.29) is 0 Å². The highest BCUT2D eigenvalue weighted by molar-refractivity contribution is 5.66. The van der Waals surface area contributed by atoms with Gasteiger partial charge in [0, 0.05) is 12.5 Å². The van der Waals surface area contributed by atoms with Gasteiger partial charge in [-0.1, -0.05) is 24.3 Å². The average Bonchev–Trinajstić information content (AvgIpc) is 2.15. The lowest BCUT2D eigenvalue weighted by atomic mass is 10.0. The van der Waals surface area contributed by atoms with Crippen LogP contribution in [0.25, 0.3) is 0 Å². The Morgan fingerprint density at radius 2 is 2.14 bits per heavy atom. The molecule has 0 saturated heterocycles. The molecule has 1 aromatic carbocycles. The standard InChI is InChI=1S/C11H11NO2/c1-8-5-3-4-6-10(8)11(7-12)14-9(2)13/h3-6,11H,1-2H3/t11-/m1/s1. The Labute approximate surface area is 82.9 Å². The van der Waals surface area contributed by atoms with E-state index < -0.39 is 12.1 Å². The first-order valence-electron chi connectivity index (χ1n) is 4.27. The van der Waals surface area contributed by atoms with Gasteiger partial charge in [-0.3, -0.25) is 4.79 Å². The van der Waals surface area contributed by atoms with Crippen LogP contribution in [0, 0.1) is 18.3 Å². The first-order valence-corrected chi connectivity index (χ1v) is 4.27. The van der Waals surface area contributed by atoms with Crippen LogP contribution in [-0.4, -0.2) is 5.97 Å². The van der Waals surface area contributed by atoms with Crippen LogP contribution in [0.4, 0.5) is 0 Å². The molecule has 14 heavy (non-hydrogen) atoms. The van der Waals surface area contributed by atoms with E-state index in [4.69, 9.17) is 10.00 Å². The Hall–Kier alpha value is -1.82. The minimum Gasteiger partial charge on any atom is -0.442 e. The van der Waals surface area contributed by atoms with Crippen molar-refractivity contribution in [3.8, 4) is 6.07 Å². The molecule has 0 radical (unpaired) electrons. The van der Waals surface area contributed by atoms with Crippen LogP contribution in [-0.2, 0) is 9.53 Å². The van der Waals surface area contributed by atoms with Crippen molar-refractivity contribution < 1.29 is 9.53 Å². The molecule has 0 unspecified atom stereocenters. The smallest absolute Gasteiger partial charge is 0.304 e. The fraction of sp³-hybridized carbons (Fsp3) is 0.273. The van der Waals surface area contributed by atoms with Crippen molar-refractivity contribution in [2.24, 2.45) is 0 Å². The van der Waals surface area contributed by atoms with E-state index in [1.165, 1.54) is 6.92 Å². The van der Waals surface area contributed by atoms with Crippen LogP contribution in [0.1, 0.15) is 24.2 Å². The number of carbonyl (C=O) groups excluding carboxylic acids is 1. The Kier molecular flexibility index (Phi) is 3.24. The molecule has 0 heterocycles. The summed E-state index contributed by atoms with van der Waals surface area (Å²) in [6, 6.07) is 9.30. The Morgan fingerprint density at radius 3 is 2.64 bits per heavy atom. The van der Waals surface area contributed by atoms with Crippen molar-refractivity contribution in [2.75, 3.05) is 0 Å². The lowest BCUT2D eigenvalue weighted by molar-refractivity contribution is -0.144. The van der Waals surface area contributed by atoms with Gasteiger partial charge in [-0.05, 0) is 12.5 Å². The number of nitriles is 1. The zero-order valence-electron chi connectivity index (χ0n) is 8.15. The van der Waals surface area contributed by atoms with Crippen molar-refractivity contribution >= 4 is 5.97 Å². The van der Waals surface area contributed by atoms with Crippen molar-refractivity contribution in [1.82, 2.24) is 0 Å². The predicted molar refractivity (Wildman–Crippen MR) is 51.3 cm³/mol. The lowest BCUT2D eigenvalue weighted by Crippen LogP contribution is -2.07. The van der Waals surface area contributed by atoms with Gasteiger partial charge in [-0.2, -0.15) is 5.26 Å². The van der Waals surface area contributed by atoms with Gasteiger partial charge in [0.15, 0.2) is 0 Å². The molecule has 72 valence electrons. The number of aryl methyl sites for hydroxylation is 1. The van der Waals surface area contributed by atoms with Crippen molar-refractivity contribution in [2.45, 2.75) is 20.0 Å². The van der Waals surface area contributed by atoms with Crippen molar-refractivity contribution in [3.05, 3.63) is 35.4 Å². The highest BCUT2D eigenvalue weighted by atomic mass is 16.5. The summed E-state index contributed by atoms with van der Waals surface area (Å²) in [6.45, 7) is 3.17. The Bertz CT molecular complexity index is 379. The quantitative estimate of drug-likeness (QED) is 0.669. The van der Waals surface area contributed by atoms with Gasteiger partial charge in [0.25, 0.3) is 0 Å². The molecule has 0 spiro atoms. The first kappa shape index (κ1) is 10.3. The third-order valence-corrected chi connectivity index (χ3v) is 1.87. The average molecular weight is 189 g/mol. The molecule has 1 aromatic rings. The van der Waals surface area contributed by atoms with Gasteiger partial charge >= 0.3 is 5.97 Å². The van der Waals surface area contributed by atoms with Gasteiger partial charge in [0.1, 0.15) is 6.07 Å². The van der Waals surface area contributed by atoms with Gasteiger partial charge < -0.3 is 4.74 Å². The third-order valence-electron chi connectivity index (χ3n) is 1.87. The molecule has 0 bridgehead atoms. The maximum atomic E-state index is 10.7. The summed E-state index contributed by atoms with van der Waals surface area (Å²) in [4.78, 5) is 10.7. The molecule has 3 heteroatoms. The van der Waals surface area contributed by atoms with Crippen LogP contribution >= 0.6 is 0 Å². The molecule has 0 N–H and O–H groups in total. The normalized spacial score (nSPS) is 11.5. The zero-order chi connectivity index (χ0) is 10.6. The second-order valence-electron chi connectivity index (χ2n) is 2.98. The zero-order valence-corrected chi connectivity index (χ0v) is 8.15. The number of hydrogen-bond donors (Lipinski definition) is 0. The fourth-order valence-corrected chi connectivity index (χ4v) is 1.21. The van der Waals surface area contributed by atoms with Gasteiger partial charge in [0.2, 0.25) is 6.10 Å². The number of benzene rings is 1. The molecule has 0 aromatic heterocycles. The van der Waals surface area contributed by atoms with E-state index in [1.807, 2.05) is 31.2 Å². The van der Waals surface area contributed by atoms with E-state index in [0.29, 0.717) is 0 Å². The summed E-state index contributed by atoms with van der Waals surface area (Å²) in [7, 11) is 0. The molecule has 0 aliphatic carbocycles. The number of ether oxygens (including phenoxy) is 1. The predicted octanol–water partition coefficient (Wildman–Crippen LogP) is 2.12. The second kappa shape index (κ2) is 4.43. The van der Waals surface area contributed by atoms with Crippen molar-refractivity contribution in [3.63, 3.8) is 0 Å². The molecule has 3 nitrogen and oxygen atoms in total. The summed E-state index contributed by atoms with van der Waals surface area (Å²) >= 11 is 0. The maximum absolute atomic E-state index is 10.7. The molecule has 0 amide bonds. The largest absolute Gasteiger partial charge is 0.442 e. The van der Waals surface area contributed by atoms with Crippen LogP contribution in [0.15, 0.2) is 24.3 Å². The topological polar surface area (TPSA) is 50.1 Å². The Morgan fingerprint density at radius 1 is 1.50 bits per heavy atom. The van der Waals surface area contributed by atoms with E-state index in [9.17, 15) is 4.79 Å². The maximum Gasteiger partial charge on any atom is 0.304 e. The first-order chi connectivity index (χ1) is 6.65.